The van der Waals surface area contributed by atoms with Gasteiger partial charge >= 0.3 is 5.97 Å². The fourth-order valence-corrected chi connectivity index (χ4v) is 3.30. The minimum atomic E-state index is -0.605. The summed E-state index contributed by atoms with van der Waals surface area (Å²) in [6.45, 7) is 0. The first-order valence-corrected chi connectivity index (χ1v) is 9.01. The Bertz CT molecular complexity index is 986. The van der Waals surface area contributed by atoms with Gasteiger partial charge in [0.2, 0.25) is 0 Å². The second-order valence-electron chi connectivity index (χ2n) is 5.30. The van der Waals surface area contributed by atoms with Crippen LogP contribution in [-0.2, 0) is 14.3 Å². The molecule has 1 N–H and O–H groups in total. The minimum absolute atomic E-state index is 0.201. The van der Waals surface area contributed by atoms with Crippen LogP contribution in [0.1, 0.15) is 5.56 Å². The molecule has 3 rings (SSSR count). The summed E-state index contributed by atoms with van der Waals surface area (Å²) in [7, 11) is 1.24. The average molecular weight is 400 g/mol. The molecule has 2 aromatic rings. The predicted octanol–water partition coefficient (Wildman–Crippen LogP) is 3.62. The van der Waals surface area contributed by atoms with E-state index in [-0.39, 0.29) is 10.1 Å². The van der Waals surface area contributed by atoms with Crippen molar-refractivity contribution in [2.75, 3.05) is 7.11 Å². The lowest BCUT2D eigenvalue weighted by Gasteiger charge is -2.07. The number of amidine groups is 1. The Balaban J connectivity index is 1.81. The van der Waals surface area contributed by atoms with E-state index in [2.05, 4.69) is 20.3 Å². The van der Waals surface area contributed by atoms with Gasteiger partial charge in [0, 0.05) is 22.2 Å². The van der Waals surface area contributed by atoms with Crippen LogP contribution in [0.5, 0.6) is 0 Å². The lowest BCUT2D eigenvalue weighted by atomic mass is 10.0. The molecule has 2 aromatic carbocycles. The second kappa shape index (κ2) is 8.66. The highest BCUT2D eigenvalue weighted by molar-refractivity contribution is 8.18. The van der Waals surface area contributed by atoms with Crippen LogP contribution in [0.2, 0.25) is 5.02 Å². The van der Waals surface area contributed by atoms with Crippen LogP contribution >= 0.6 is 23.4 Å². The molecule has 0 aliphatic carbocycles. The number of amides is 1. The predicted molar refractivity (Wildman–Crippen MR) is 108 cm³/mol. The van der Waals surface area contributed by atoms with Crippen molar-refractivity contribution in [1.29, 1.82) is 0 Å². The molecular weight excluding hydrogens is 386 g/mol. The molecule has 0 saturated carbocycles. The smallest absolute Gasteiger partial charge is 0.331 e. The number of nitrogens with zero attached hydrogens (tertiary/aromatic N) is 2. The van der Waals surface area contributed by atoms with Crippen LogP contribution in [0.15, 0.2) is 69.7 Å². The van der Waals surface area contributed by atoms with Gasteiger partial charge < -0.3 is 4.74 Å². The molecule has 1 aliphatic heterocycles. The van der Waals surface area contributed by atoms with Gasteiger partial charge in [0.25, 0.3) is 5.91 Å². The first-order valence-electron chi connectivity index (χ1n) is 7.82. The first-order chi connectivity index (χ1) is 13.1. The van der Waals surface area contributed by atoms with Gasteiger partial charge in [0.1, 0.15) is 0 Å². The average Bonchev–Trinajstić information content (AvgIpc) is 3.02. The fraction of sp³-hybridized carbons (Fsp3) is 0.0526. The number of rotatable bonds is 4. The maximum Gasteiger partial charge on any atom is 0.331 e. The van der Waals surface area contributed by atoms with Crippen LogP contribution in [0.25, 0.3) is 11.1 Å². The zero-order valence-electron chi connectivity index (χ0n) is 14.2. The van der Waals surface area contributed by atoms with Gasteiger partial charge in [-0.3, -0.25) is 10.1 Å². The third-order valence-corrected chi connectivity index (χ3v) is 4.80. The maximum absolute atomic E-state index is 11.8. The van der Waals surface area contributed by atoms with Gasteiger partial charge in [-0.1, -0.05) is 54.1 Å². The lowest BCUT2D eigenvalue weighted by Crippen LogP contribution is -2.19. The lowest BCUT2D eigenvalue weighted by molar-refractivity contribution is -0.135. The van der Waals surface area contributed by atoms with Crippen LogP contribution in [-0.4, -0.2) is 30.4 Å². The Morgan fingerprint density at radius 1 is 1.15 bits per heavy atom. The fourth-order valence-electron chi connectivity index (χ4n) is 2.32. The highest BCUT2D eigenvalue weighted by atomic mass is 35.5. The summed E-state index contributed by atoms with van der Waals surface area (Å²) >= 11 is 7.30. The molecule has 1 aliphatic rings. The highest BCUT2D eigenvalue weighted by Gasteiger charge is 2.25. The summed E-state index contributed by atoms with van der Waals surface area (Å²) in [4.78, 5) is 23.2. The van der Waals surface area contributed by atoms with E-state index in [9.17, 15) is 9.59 Å². The van der Waals surface area contributed by atoms with Crippen molar-refractivity contribution in [2.24, 2.45) is 10.2 Å². The number of methoxy groups -OCH3 is 1. The molecule has 0 atom stereocenters. The van der Waals surface area contributed by atoms with Gasteiger partial charge in [-0.25, -0.2) is 4.79 Å². The number of ether oxygens (including phenoxy) is 1. The Morgan fingerprint density at radius 3 is 2.59 bits per heavy atom. The summed E-state index contributed by atoms with van der Waals surface area (Å²) in [5.41, 5.74) is 2.64. The van der Waals surface area contributed by atoms with E-state index >= 15 is 0 Å². The molecule has 1 saturated heterocycles. The monoisotopic (exact) mass is 399 g/mol. The summed E-state index contributed by atoms with van der Waals surface area (Å²) in [5, 5.41) is 11.5. The van der Waals surface area contributed by atoms with E-state index in [0.717, 1.165) is 34.5 Å². The molecule has 1 amide bonds. The molecule has 0 spiro atoms. The number of carbonyl (C=O) groups excluding carboxylic acids is 2. The maximum atomic E-state index is 11.8. The van der Waals surface area contributed by atoms with Crippen molar-refractivity contribution in [1.82, 2.24) is 5.32 Å². The number of hydrogen-bond donors (Lipinski definition) is 1. The minimum Gasteiger partial charge on any atom is -0.466 e. The van der Waals surface area contributed by atoms with Crippen molar-refractivity contribution in [2.45, 2.75) is 0 Å². The zero-order chi connectivity index (χ0) is 19.2. The molecule has 0 bridgehead atoms. The van der Waals surface area contributed by atoms with E-state index in [1.807, 2.05) is 48.5 Å². The van der Waals surface area contributed by atoms with Gasteiger partial charge in [-0.05, 0) is 23.4 Å². The van der Waals surface area contributed by atoms with Crippen LogP contribution in [0, 0.1) is 0 Å². The topological polar surface area (TPSA) is 80.1 Å². The number of carbonyl (C=O) groups is 2. The number of hydrogen-bond acceptors (Lipinski definition) is 6. The Morgan fingerprint density at radius 2 is 1.85 bits per heavy atom. The Labute approximate surface area is 165 Å². The summed E-state index contributed by atoms with van der Waals surface area (Å²) < 4.78 is 4.51. The van der Waals surface area contributed by atoms with Crippen molar-refractivity contribution >= 4 is 46.6 Å². The third-order valence-electron chi connectivity index (χ3n) is 3.57. The number of esters is 1. The number of nitrogens with one attached hydrogen (secondary N) is 1. The number of thioether (sulfide) groups is 1. The van der Waals surface area contributed by atoms with Crippen LogP contribution in [0.4, 0.5) is 0 Å². The normalized spacial score (nSPS) is 16.9. The molecule has 1 heterocycles. The molecule has 0 radical (unpaired) electrons. The highest BCUT2D eigenvalue weighted by Crippen LogP contribution is 2.29. The third kappa shape index (κ3) is 4.64. The first kappa shape index (κ1) is 18.9. The van der Waals surface area contributed by atoms with Gasteiger partial charge in [0.15, 0.2) is 5.17 Å². The summed E-state index contributed by atoms with van der Waals surface area (Å²) in [6, 6.07) is 15.2. The van der Waals surface area contributed by atoms with Crippen molar-refractivity contribution in [3.63, 3.8) is 0 Å². The SMILES string of the molecule is COC(=O)/C=C1/S/C(=N\N=Cc2ccccc2-c2ccccc2Cl)NC1=O. The standard InChI is InChI=1S/C19H14ClN3O3S/c1-26-17(24)10-16-18(25)22-19(27-16)23-21-11-12-6-2-3-7-13(12)14-8-4-5-9-15(14)20/h2-11H,1H3,(H,22,23,25)/b16-10+,21-11?. The van der Waals surface area contributed by atoms with E-state index in [1.165, 1.54) is 7.11 Å². The van der Waals surface area contributed by atoms with Crippen molar-refractivity contribution in [3.8, 4) is 11.1 Å². The van der Waals surface area contributed by atoms with Crippen LogP contribution in [0.3, 0.4) is 0 Å². The molecule has 0 aromatic heterocycles. The molecule has 1 fully saturated rings. The van der Waals surface area contributed by atoms with E-state index < -0.39 is 11.9 Å². The van der Waals surface area contributed by atoms with Crippen molar-refractivity contribution < 1.29 is 14.3 Å². The second-order valence-corrected chi connectivity index (χ2v) is 6.74. The van der Waals surface area contributed by atoms with Gasteiger partial charge in [0.05, 0.1) is 18.2 Å². The van der Waals surface area contributed by atoms with E-state index in [1.54, 1.807) is 6.21 Å². The molecule has 136 valence electrons. The van der Waals surface area contributed by atoms with Gasteiger partial charge in [-0.15, -0.1) is 5.10 Å². The van der Waals surface area contributed by atoms with E-state index in [4.69, 9.17) is 11.6 Å². The quantitative estimate of drug-likeness (QED) is 0.368. The molecule has 0 unspecified atom stereocenters. The van der Waals surface area contributed by atoms with Gasteiger partial charge in [-0.2, -0.15) is 5.10 Å². The number of halogens is 1. The Hall–Kier alpha value is -2.90. The van der Waals surface area contributed by atoms with Crippen molar-refractivity contribution in [3.05, 3.63) is 70.1 Å². The summed E-state index contributed by atoms with van der Waals surface area (Å²) in [6.07, 6.45) is 2.69. The zero-order valence-corrected chi connectivity index (χ0v) is 15.8. The number of benzene rings is 2. The molecule has 8 heteroatoms. The molecular formula is C19H14ClN3O3S. The Kier molecular flexibility index (Phi) is 6.05. The molecule has 6 nitrogen and oxygen atoms in total. The summed E-state index contributed by atoms with van der Waals surface area (Å²) in [5.74, 6) is -1.03. The van der Waals surface area contributed by atoms with E-state index in [0.29, 0.717) is 5.02 Å². The largest absolute Gasteiger partial charge is 0.466 e. The van der Waals surface area contributed by atoms with Crippen LogP contribution < -0.4 is 5.32 Å². The molecule has 27 heavy (non-hydrogen) atoms.